The predicted molar refractivity (Wildman–Crippen MR) is 97.2 cm³/mol. The lowest BCUT2D eigenvalue weighted by Gasteiger charge is -2.36. The molecule has 1 aliphatic rings. The molecular formula is C16H23ClF3N3OS. The molecular weight excluding hydrogens is 375 g/mol. The molecule has 2 unspecified atom stereocenters. The molecule has 0 saturated carbocycles. The summed E-state index contributed by atoms with van der Waals surface area (Å²) in [7, 11) is 0. The molecule has 0 aliphatic carbocycles. The van der Waals surface area contributed by atoms with Crippen LogP contribution >= 0.6 is 24.2 Å². The zero-order chi connectivity index (χ0) is 17.6. The zero-order valence-corrected chi connectivity index (χ0v) is 15.5. The topological polar surface area (TPSA) is 44.4 Å². The summed E-state index contributed by atoms with van der Waals surface area (Å²) in [4.78, 5) is 13.7. The van der Waals surface area contributed by atoms with Crippen molar-refractivity contribution in [3.05, 3.63) is 35.9 Å². The lowest BCUT2D eigenvalue weighted by atomic mass is 10.1. The molecule has 4 nitrogen and oxygen atoms in total. The highest BCUT2D eigenvalue weighted by molar-refractivity contribution is 7.99. The lowest BCUT2D eigenvalue weighted by molar-refractivity contribution is -0.184. The third kappa shape index (κ3) is 6.36. The average Bonchev–Trinajstić information content (AvgIpc) is 2.56. The molecule has 1 fully saturated rings. The number of amides is 1. The van der Waals surface area contributed by atoms with Crippen molar-refractivity contribution in [3.63, 3.8) is 0 Å². The average molecular weight is 398 g/mol. The highest BCUT2D eigenvalue weighted by Gasteiger charge is 2.44. The molecule has 2 atom stereocenters. The van der Waals surface area contributed by atoms with Gasteiger partial charge < -0.3 is 10.6 Å². The van der Waals surface area contributed by atoms with Gasteiger partial charge in [-0.25, -0.2) is 0 Å². The van der Waals surface area contributed by atoms with Gasteiger partial charge in [0.15, 0.2) is 0 Å². The quantitative estimate of drug-likeness (QED) is 0.774. The summed E-state index contributed by atoms with van der Waals surface area (Å²) >= 11 is 1.31. The summed E-state index contributed by atoms with van der Waals surface area (Å²) < 4.78 is 40.0. The van der Waals surface area contributed by atoms with Crippen LogP contribution in [0.4, 0.5) is 13.2 Å². The summed E-state index contributed by atoms with van der Waals surface area (Å²) in [5, 5.41) is 5.02. The van der Waals surface area contributed by atoms with Gasteiger partial charge in [-0.3, -0.25) is 9.69 Å². The maximum Gasteiger partial charge on any atom is 0.405 e. The van der Waals surface area contributed by atoms with Gasteiger partial charge in [-0.15, -0.1) is 24.2 Å². The second-order valence-corrected chi connectivity index (χ2v) is 6.56. The Bertz CT molecular complexity index is 527. The number of carbonyl (C=O) groups excluding carboxylic acids is 1. The molecule has 142 valence electrons. The first kappa shape index (κ1) is 22.1. The molecule has 25 heavy (non-hydrogen) atoms. The van der Waals surface area contributed by atoms with E-state index in [4.69, 9.17) is 0 Å². The number of benzene rings is 1. The van der Waals surface area contributed by atoms with Crippen LogP contribution < -0.4 is 10.6 Å². The third-order valence-corrected chi connectivity index (χ3v) is 4.97. The Morgan fingerprint density at radius 3 is 2.40 bits per heavy atom. The number of rotatable bonds is 6. The van der Waals surface area contributed by atoms with E-state index in [0.717, 1.165) is 5.56 Å². The molecule has 0 spiro atoms. The van der Waals surface area contributed by atoms with Gasteiger partial charge in [-0.2, -0.15) is 13.2 Å². The van der Waals surface area contributed by atoms with Gasteiger partial charge in [-0.05, 0) is 11.8 Å². The van der Waals surface area contributed by atoms with Crippen molar-refractivity contribution in [1.82, 2.24) is 15.5 Å². The first-order valence-corrected chi connectivity index (χ1v) is 9.09. The van der Waals surface area contributed by atoms with E-state index < -0.39 is 29.9 Å². The fourth-order valence-corrected chi connectivity index (χ4v) is 3.48. The van der Waals surface area contributed by atoms with Crippen molar-refractivity contribution in [3.8, 4) is 0 Å². The SMILES string of the molecule is CSC(C(=O)NCC(N1CCNCC1)C(F)(F)F)c1ccccc1.Cl. The number of hydrogen-bond donors (Lipinski definition) is 2. The van der Waals surface area contributed by atoms with Crippen LogP contribution in [0.2, 0.25) is 0 Å². The number of carbonyl (C=O) groups is 1. The van der Waals surface area contributed by atoms with Crippen molar-refractivity contribution in [2.45, 2.75) is 17.5 Å². The van der Waals surface area contributed by atoms with E-state index in [1.54, 1.807) is 18.4 Å². The predicted octanol–water partition coefficient (Wildman–Crippen LogP) is 2.46. The largest absolute Gasteiger partial charge is 0.405 e. The van der Waals surface area contributed by atoms with Crippen LogP contribution in [0.1, 0.15) is 10.8 Å². The standard InChI is InChI=1S/C16H22F3N3OS.ClH/c1-24-14(12-5-3-2-4-6-12)15(23)21-11-13(16(17,18)19)22-9-7-20-8-10-22;/h2-6,13-14,20H,7-11H2,1H3,(H,21,23);1H. The normalized spacial score (nSPS) is 18.1. The molecule has 2 N–H and O–H groups in total. The summed E-state index contributed by atoms with van der Waals surface area (Å²) in [5.74, 6) is -0.391. The first-order valence-electron chi connectivity index (χ1n) is 7.80. The molecule has 0 bridgehead atoms. The Kier molecular flexibility index (Phi) is 9.06. The van der Waals surface area contributed by atoms with Gasteiger partial charge in [0.25, 0.3) is 0 Å². The molecule has 1 aromatic carbocycles. The maximum absolute atomic E-state index is 13.3. The van der Waals surface area contributed by atoms with E-state index in [-0.39, 0.29) is 12.4 Å². The van der Waals surface area contributed by atoms with Gasteiger partial charge in [0.05, 0.1) is 0 Å². The van der Waals surface area contributed by atoms with E-state index in [2.05, 4.69) is 10.6 Å². The van der Waals surface area contributed by atoms with E-state index in [0.29, 0.717) is 26.2 Å². The molecule has 2 rings (SSSR count). The van der Waals surface area contributed by atoms with Crippen molar-refractivity contribution in [2.75, 3.05) is 39.0 Å². The number of nitrogens with zero attached hydrogens (tertiary/aromatic N) is 1. The van der Waals surface area contributed by atoms with Crippen molar-refractivity contribution < 1.29 is 18.0 Å². The van der Waals surface area contributed by atoms with Crippen LogP contribution in [0.5, 0.6) is 0 Å². The maximum atomic E-state index is 13.3. The molecule has 1 aromatic rings. The molecule has 0 aromatic heterocycles. The second-order valence-electron chi connectivity index (χ2n) is 5.61. The third-order valence-electron chi connectivity index (χ3n) is 4.02. The molecule has 1 amide bonds. The monoisotopic (exact) mass is 397 g/mol. The fourth-order valence-electron chi connectivity index (χ4n) is 2.76. The highest BCUT2D eigenvalue weighted by atomic mass is 35.5. The van der Waals surface area contributed by atoms with Crippen molar-refractivity contribution in [2.24, 2.45) is 0 Å². The van der Waals surface area contributed by atoms with Gasteiger partial charge in [0.2, 0.25) is 5.91 Å². The van der Waals surface area contributed by atoms with Crippen LogP contribution in [0.15, 0.2) is 30.3 Å². The summed E-state index contributed by atoms with van der Waals surface area (Å²) in [6.07, 6.45) is -2.60. The van der Waals surface area contributed by atoms with Gasteiger partial charge in [0, 0.05) is 32.7 Å². The first-order chi connectivity index (χ1) is 11.4. The Morgan fingerprint density at radius 1 is 1.28 bits per heavy atom. The molecule has 0 radical (unpaired) electrons. The Hall–Kier alpha value is -0.960. The number of alkyl halides is 3. The van der Waals surface area contributed by atoms with Crippen LogP contribution in [-0.2, 0) is 4.79 Å². The summed E-state index contributed by atoms with van der Waals surface area (Å²) in [6, 6.07) is 7.41. The molecule has 9 heteroatoms. The zero-order valence-electron chi connectivity index (χ0n) is 13.9. The van der Waals surface area contributed by atoms with Crippen molar-refractivity contribution >= 4 is 30.1 Å². The van der Waals surface area contributed by atoms with E-state index in [1.807, 2.05) is 18.2 Å². The summed E-state index contributed by atoms with van der Waals surface area (Å²) in [6.45, 7) is 1.28. The Labute approximate surface area is 156 Å². The Balaban J connectivity index is 0.00000312. The van der Waals surface area contributed by atoms with Gasteiger partial charge in [-0.1, -0.05) is 30.3 Å². The van der Waals surface area contributed by atoms with Gasteiger partial charge in [0.1, 0.15) is 11.3 Å². The van der Waals surface area contributed by atoms with Crippen molar-refractivity contribution in [1.29, 1.82) is 0 Å². The van der Waals surface area contributed by atoms with E-state index in [9.17, 15) is 18.0 Å². The Morgan fingerprint density at radius 2 is 1.88 bits per heavy atom. The smallest absolute Gasteiger partial charge is 0.353 e. The second kappa shape index (κ2) is 10.3. The van der Waals surface area contributed by atoms with E-state index in [1.165, 1.54) is 16.7 Å². The van der Waals surface area contributed by atoms with Crippen LogP contribution in [0.3, 0.4) is 0 Å². The van der Waals surface area contributed by atoms with Crippen LogP contribution in [0.25, 0.3) is 0 Å². The minimum atomic E-state index is -4.37. The van der Waals surface area contributed by atoms with Crippen LogP contribution in [-0.4, -0.2) is 62.0 Å². The lowest BCUT2D eigenvalue weighted by Crippen LogP contribution is -2.57. The minimum absolute atomic E-state index is 0. The molecule has 1 saturated heterocycles. The molecule has 1 aliphatic heterocycles. The number of thioether (sulfide) groups is 1. The van der Waals surface area contributed by atoms with E-state index >= 15 is 0 Å². The van der Waals surface area contributed by atoms with Gasteiger partial charge >= 0.3 is 6.18 Å². The summed E-state index contributed by atoms with van der Waals surface area (Å²) in [5.41, 5.74) is 0.785. The van der Waals surface area contributed by atoms with Crippen LogP contribution in [0, 0.1) is 0 Å². The number of hydrogen-bond acceptors (Lipinski definition) is 4. The molecule has 1 heterocycles. The fraction of sp³-hybridized carbons (Fsp3) is 0.562. The number of piperazine rings is 1. The highest BCUT2D eigenvalue weighted by Crippen LogP contribution is 2.28. The number of nitrogens with one attached hydrogen (secondary N) is 2. The number of halogens is 4. The minimum Gasteiger partial charge on any atom is -0.353 e.